The van der Waals surface area contributed by atoms with Gasteiger partial charge in [0.1, 0.15) is 18.1 Å². The van der Waals surface area contributed by atoms with E-state index in [1.165, 1.54) is 12.1 Å². The molecule has 0 aliphatic carbocycles. The first-order chi connectivity index (χ1) is 14.2. The first-order valence-corrected chi connectivity index (χ1v) is 11.5. The summed E-state index contributed by atoms with van der Waals surface area (Å²) in [7, 11) is 1.79. The fraction of sp³-hybridized carbons (Fsp3) is 0.200. The van der Waals surface area contributed by atoms with Gasteiger partial charge in [0, 0.05) is 25.7 Å². The second kappa shape index (κ2) is 9.56. The third-order valence-electron chi connectivity index (χ3n) is 4.49. The molecule has 0 N–H and O–H groups in total. The van der Waals surface area contributed by atoms with Gasteiger partial charge in [0.05, 0.1) is 12.1 Å². The van der Waals surface area contributed by atoms with Gasteiger partial charge < -0.3 is 9.64 Å². The number of nitrogens with zero attached hydrogens (tertiary/aromatic N) is 3. The van der Waals surface area contributed by atoms with Crippen molar-refractivity contribution in [2.75, 3.05) is 13.6 Å². The standard InChI is InChI=1S/C20H17I2N3O4S/c1-3-24-19(26)17(23(2)20(24)30)10-13-8-15(21)18(16(22)9-13)29-11-12-5-4-6-14(7-12)25(27)28/h4-10H,3,11H2,1-2H3/b17-10-. The highest BCUT2D eigenvalue weighted by Gasteiger charge is 2.34. The van der Waals surface area contributed by atoms with Crippen LogP contribution < -0.4 is 4.74 Å². The number of ether oxygens (including phenoxy) is 1. The van der Waals surface area contributed by atoms with Crippen molar-refractivity contribution in [3.05, 3.63) is 70.5 Å². The number of halogens is 2. The molecule has 156 valence electrons. The van der Waals surface area contributed by atoms with Crippen molar-refractivity contribution in [3.63, 3.8) is 0 Å². The highest BCUT2D eigenvalue weighted by Crippen LogP contribution is 2.32. The van der Waals surface area contributed by atoms with Crippen molar-refractivity contribution < 1.29 is 14.5 Å². The van der Waals surface area contributed by atoms with Crippen LogP contribution in [0, 0.1) is 17.3 Å². The Kier molecular flexibility index (Phi) is 7.29. The molecule has 7 nitrogen and oxygen atoms in total. The molecule has 0 bridgehead atoms. The minimum atomic E-state index is -0.425. The summed E-state index contributed by atoms with van der Waals surface area (Å²) in [5, 5.41) is 11.4. The maximum Gasteiger partial charge on any atom is 0.276 e. The second-order valence-electron chi connectivity index (χ2n) is 6.45. The van der Waals surface area contributed by atoms with Crippen LogP contribution >= 0.6 is 57.4 Å². The second-order valence-corrected chi connectivity index (χ2v) is 9.14. The normalized spacial score (nSPS) is 15.3. The van der Waals surface area contributed by atoms with Gasteiger partial charge in [-0.05, 0) is 93.7 Å². The van der Waals surface area contributed by atoms with Crippen LogP contribution in [0.3, 0.4) is 0 Å². The summed E-state index contributed by atoms with van der Waals surface area (Å²) in [5.74, 6) is 0.586. The third-order valence-corrected chi connectivity index (χ3v) is 6.59. The first-order valence-electron chi connectivity index (χ1n) is 8.89. The Hall–Kier alpha value is -1.80. The lowest BCUT2D eigenvalue weighted by molar-refractivity contribution is -0.384. The molecule has 1 aliphatic rings. The average Bonchev–Trinajstić information content (AvgIpc) is 2.90. The number of hydrogen-bond acceptors (Lipinski definition) is 5. The molecule has 1 heterocycles. The van der Waals surface area contributed by atoms with Crippen LogP contribution in [0.4, 0.5) is 5.69 Å². The summed E-state index contributed by atoms with van der Waals surface area (Å²) in [6.07, 6.45) is 1.82. The molecule has 30 heavy (non-hydrogen) atoms. The van der Waals surface area contributed by atoms with Crippen molar-refractivity contribution in [1.82, 2.24) is 9.80 Å². The minimum Gasteiger partial charge on any atom is -0.487 e. The number of amides is 1. The Morgan fingerprint density at radius 2 is 1.90 bits per heavy atom. The molecule has 0 radical (unpaired) electrons. The van der Waals surface area contributed by atoms with E-state index in [9.17, 15) is 14.9 Å². The molecule has 3 rings (SSSR count). The van der Waals surface area contributed by atoms with E-state index in [4.69, 9.17) is 17.0 Å². The Morgan fingerprint density at radius 3 is 2.47 bits per heavy atom. The van der Waals surface area contributed by atoms with E-state index >= 15 is 0 Å². The van der Waals surface area contributed by atoms with E-state index < -0.39 is 4.92 Å². The van der Waals surface area contributed by atoms with Gasteiger partial charge in [-0.3, -0.25) is 19.8 Å². The zero-order valence-electron chi connectivity index (χ0n) is 16.1. The number of benzene rings is 2. The van der Waals surface area contributed by atoms with Crippen LogP contribution in [-0.2, 0) is 11.4 Å². The van der Waals surface area contributed by atoms with E-state index in [2.05, 4.69) is 45.2 Å². The summed E-state index contributed by atoms with van der Waals surface area (Å²) < 4.78 is 7.69. The third kappa shape index (κ3) is 4.75. The smallest absolute Gasteiger partial charge is 0.276 e. The summed E-state index contributed by atoms with van der Waals surface area (Å²) >= 11 is 9.70. The predicted molar refractivity (Wildman–Crippen MR) is 135 cm³/mol. The van der Waals surface area contributed by atoms with Crippen molar-refractivity contribution in [1.29, 1.82) is 0 Å². The predicted octanol–water partition coefficient (Wildman–Crippen LogP) is 4.80. The maximum atomic E-state index is 12.6. The Labute approximate surface area is 206 Å². The fourth-order valence-electron chi connectivity index (χ4n) is 2.96. The van der Waals surface area contributed by atoms with Crippen molar-refractivity contribution in [3.8, 4) is 5.75 Å². The lowest BCUT2D eigenvalue weighted by Crippen LogP contribution is -2.30. The summed E-state index contributed by atoms with van der Waals surface area (Å²) in [6, 6.07) is 10.2. The number of nitro groups is 1. The zero-order chi connectivity index (χ0) is 22.0. The molecule has 0 unspecified atom stereocenters. The number of carbonyl (C=O) groups is 1. The van der Waals surface area contributed by atoms with E-state index in [1.54, 1.807) is 29.0 Å². The molecule has 1 saturated heterocycles. The number of thiocarbonyl (C=S) groups is 1. The van der Waals surface area contributed by atoms with E-state index in [0.29, 0.717) is 28.7 Å². The molecule has 1 aliphatic heterocycles. The van der Waals surface area contributed by atoms with Gasteiger partial charge >= 0.3 is 0 Å². The Balaban J connectivity index is 1.82. The summed E-state index contributed by atoms with van der Waals surface area (Å²) in [4.78, 5) is 26.4. The SMILES string of the molecule is CCN1C(=O)/C(=C/c2cc(I)c(OCc3cccc([N+](=O)[O-])c3)c(I)c2)N(C)C1=S. The minimum absolute atomic E-state index is 0.0341. The number of likely N-dealkylation sites (N-methyl/N-ethyl adjacent to an activating group) is 2. The molecule has 1 amide bonds. The van der Waals surface area contributed by atoms with Gasteiger partial charge in [-0.2, -0.15) is 0 Å². The van der Waals surface area contributed by atoms with E-state index in [0.717, 1.165) is 12.7 Å². The van der Waals surface area contributed by atoms with Crippen molar-refractivity contribution >= 4 is 80.2 Å². The van der Waals surface area contributed by atoms with Crippen LogP contribution in [0.5, 0.6) is 5.75 Å². The number of carbonyl (C=O) groups excluding carboxylic acids is 1. The number of non-ortho nitro benzene ring substituents is 1. The number of nitro benzene ring substituents is 1. The topological polar surface area (TPSA) is 75.9 Å². The molecular weight excluding hydrogens is 632 g/mol. The van der Waals surface area contributed by atoms with E-state index in [-0.39, 0.29) is 18.2 Å². The molecule has 2 aromatic carbocycles. The highest BCUT2D eigenvalue weighted by atomic mass is 127. The van der Waals surface area contributed by atoms with Gasteiger partial charge in [-0.15, -0.1) is 0 Å². The van der Waals surface area contributed by atoms with Gasteiger partial charge in [0.2, 0.25) is 0 Å². The fourth-order valence-corrected chi connectivity index (χ4v) is 5.40. The number of hydrogen-bond donors (Lipinski definition) is 0. The van der Waals surface area contributed by atoms with Gasteiger partial charge in [-0.1, -0.05) is 12.1 Å². The quantitative estimate of drug-likeness (QED) is 0.147. The number of rotatable bonds is 6. The Bertz CT molecular complexity index is 1050. The van der Waals surface area contributed by atoms with Crippen LogP contribution in [0.2, 0.25) is 0 Å². The lowest BCUT2D eigenvalue weighted by Gasteiger charge is -2.14. The zero-order valence-corrected chi connectivity index (χ0v) is 21.2. The van der Waals surface area contributed by atoms with Gasteiger partial charge in [0.25, 0.3) is 11.6 Å². The van der Waals surface area contributed by atoms with Crippen LogP contribution in [0.25, 0.3) is 6.08 Å². The molecule has 1 fully saturated rings. The molecule has 0 atom stereocenters. The Morgan fingerprint density at radius 1 is 1.23 bits per heavy atom. The van der Waals surface area contributed by atoms with Crippen LogP contribution in [-0.4, -0.2) is 39.3 Å². The molecule has 0 saturated carbocycles. The molecule has 10 heteroatoms. The van der Waals surface area contributed by atoms with Crippen molar-refractivity contribution in [2.45, 2.75) is 13.5 Å². The van der Waals surface area contributed by atoms with Crippen LogP contribution in [0.1, 0.15) is 18.1 Å². The van der Waals surface area contributed by atoms with E-state index in [1.807, 2.05) is 25.1 Å². The monoisotopic (exact) mass is 649 g/mol. The summed E-state index contributed by atoms with van der Waals surface area (Å²) in [5.41, 5.74) is 2.14. The molecule has 0 aromatic heterocycles. The van der Waals surface area contributed by atoms with Crippen molar-refractivity contribution in [2.24, 2.45) is 0 Å². The average molecular weight is 649 g/mol. The molecule has 0 spiro atoms. The van der Waals surface area contributed by atoms with Gasteiger partial charge in [-0.25, -0.2) is 0 Å². The lowest BCUT2D eigenvalue weighted by atomic mass is 10.1. The first kappa shape index (κ1) is 22.9. The summed E-state index contributed by atoms with van der Waals surface area (Å²) in [6.45, 7) is 2.63. The van der Waals surface area contributed by atoms with Gasteiger partial charge in [0.15, 0.2) is 5.11 Å². The largest absolute Gasteiger partial charge is 0.487 e. The maximum absolute atomic E-state index is 12.6. The van der Waals surface area contributed by atoms with Crippen LogP contribution in [0.15, 0.2) is 42.1 Å². The molecule has 2 aromatic rings. The molecular formula is C20H17I2N3O4S. The highest BCUT2D eigenvalue weighted by molar-refractivity contribution is 14.1.